The Labute approximate surface area is 80.7 Å². The Bertz CT molecular complexity index is 282. The summed E-state index contributed by atoms with van der Waals surface area (Å²) in [6, 6.07) is 5.52. The van der Waals surface area contributed by atoms with Gasteiger partial charge in [0.25, 0.3) is 5.92 Å². The smallest absolute Gasteiger partial charge is 0.260 e. The van der Waals surface area contributed by atoms with E-state index < -0.39 is 12.5 Å². The van der Waals surface area contributed by atoms with Crippen LogP contribution in [0.4, 0.5) is 13.2 Å². The molecule has 0 aliphatic rings. The number of halogens is 3. The first-order chi connectivity index (χ1) is 6.53. The van der Waals surface area contributed by atoms with Gasteiger partial charge in [0.2, 0.25) is 0 Å². The van der Waals surface area contributed by atoms with Gasteiger partial charge in [0.05, 0.1) is 6.54 Å². The van der Waals surface area contributed by atoms with Crippen molar-refractivity contribution in [2.75, 3.05) is 6.54 Å². The molecule has 1 rings (SSSR count). The molecule has 0 atom stereocenters. The molecule has 1 aromatic rings. The van der Waals surface area contributed by atoms with E-state index in [1.54, 1.807) is 0 Å². The van der Waals surface area contributed by atoms with Gasteiger partial charge in [0, 0.05) is 6.42 Å². The first-order valence-corrected chi connectivity index (χ1v) is 4.36. The monoisotopic (exact) mass is 203 g/mol. The van der Waals surface area contributed by atoms with Crippen molar-refractivity contribution in [3.63, 3.8) is 0 Å². The van der Waals surface area contributed by atoms with E-state index in [0.717, 1.165) is 0 Å². The molecule has 0 aliphatic carbocycles. The first-order valence-electron chi connectivity index (χ1n) is 4.36. The zero-order chi connectivity index (χ0) is 10.6. The van der Waals surface area contributed by atoms with Crippen LogP contribution in [0, 0.1) is 5.82 Å². The molecule has 0 amide bonds. The van der Waals surface area contributed by atoms with E-state index >= 15 is 0 Å². The third kappa shape index (κ3) is 3.38. The van der Waals surface area contributed by atoms with Gasteiger partial charge in [-0.15, -0.1) is 0 Å². The average molecular weight is 203 g/mol. The van der Waals surface area contributed by atoms with Gasteiger partial charge in [-0.3, -0.25) is 0 Å². The molecule has 0 unspecified atom stereocenters. The maximum absolute atomic E-state index is 12.7. The van der Waals surface area contributed by atoms with E-state index in [9.17, 15) is 13.2 Å². The summed E-state index contributed by atoms with van der Waals surface area (Å²) in [6.45, 7) is -0.645. The van der Waals surface area contributed by atoms with Crippen LogP contribution in [0.2, 0.25) is 0 Å². The number of aryl methyl sites for hydroxylation is 1. The summed E-state index contributed by atoms with van der Waals surface area (Å²) >= 11 is 0. The summed E-state index contributed by atoms with van der Waals surface area (Å²) in [5.41, 5.74) is 5.58. The van der Waals surface area contributed by atoms with E-state index in [-0.39, 0.29) is 18.7 Å². The third-order valence-electron chi connectivity index (χ3n) is 1.99. The van der Waals surface area contributed by atoms with Crippen LogP contribution in [-0.4, -0.2) is 12.5 Å². The summed E-state index contributed by atoms with van der Waals surface area (Å²) in [6.07, 6.45) is -0.0837. The molecule has 0 saturated carbocycles. The average Bonchev–Trinajstić information content (AvgIpc) is 2.17. The summed E-state index contributed by atoms with van der Waals surface area (Å²) in [4.78, 5) is 0. The number of rotatable bonds is 4. The van der Waals surface area contributed by atoms with Gasteiger partial charge in [-0.25, -0.2) is 13.2 Å². The highest BCUT2D eigenvalue weighted by Gasteiger charge is 2.25. The summed E-state index contributed by atoms with van der Waals surface area (Å²) in [7, 11) is 0. The molecule has 14 heavy (non-hydrogen) atoms. The molecule has 78 valence electrons. The molecule has 2 N–H and O–H groups in total. The van der Waals surface area contributed by atoms with Crippen molar-refractivity contribution in [3.8, 4) is 0 Å². The minimum Gasteiger partial charge on any atom is -0.325 e. The van der Waals surface area contributed by atoms with Gasteiger partial charge in [-0.1, -0.05) is 12.1 Å². The number of hydrogen-bond acceptors (Lipinski definition) is 1. The highest BCUT2D eigenvalue weighted by atomic mass is 19.3. The molecule has 0 aliphatic heterocycles. The Balaban J connectivity index is 2.50. The topological polar surface area (TPSA) is 26.0 Å². The molecular weight excluding hydrogens is 191 g/mol. The third-order valence-corrected chi connectivity index (χ3v) is 1.99. The number of benzene rings is 1. The van der Waals surface area contributed by atoms with Crippen molar-refractivity contribution in [2.24, 2.45) is 5.73 Å². The molecule has 0 saturated heterocycles. The van der Waals surface area contributed by atoms with Crippen molar-refractivity contribution in [1.29, 1.82) is 0 Å². The highest BCUT2D eigenvalue weighted by Crippen LogP contribution is 2.19. The van der Waals surface area contributed by atoms with E-state index in [4.69, 9.17) is 5.73 Å². The fraction of sp³-hybridized carbons (Fsp3) is 0.400. The number of nitrogens with two attached hydrogens (primary N) is 1. The van der Waals surface area contributed by atoms with Gasteiger partial charge in [-0.2, -0.15) is 0 Å². The van der Waals surface area contributed by atoms with Gasteiger partial charge in [0.1, 0.15) is 5.82 Å². The lowest BCUT2D eigenvalue weighted by molar-refractivity contribution is 0.00246. The quantitative estimate of drug-likeness (QED) is 0.798. The maximum atomic E-state index is 12.7. The zero-order valence-electron chi connectivity index (χ0n) is 7.64. The predicted octanol–water partition coefficient (Wildman–Crippen LogP) is 2.35. The van der Waals surface area contributed by atoms with Crippen molar-refractivity contribution < 1.29 is 13.2 Å². The minimum absolute atomic E-state index is 0.213. The molecule has 4 heteroatoms. The van der Waals surface area contributed by atoms with E-state index in [0.29, 0.717) is 5.56 Å². The highest BCUT2D eigenvalue weighted by molar-refractivity contribution is 5.16. The largest absolute Gasteiger partial charge is 0.325 e. The Hall–Kier alpha value is -1.03. The summed E-state index contributed by atoms with van der Waals surface area (Å²) in [5.74, 6) is -3.19. The molecule has 0 heterocycles. The summed E-state index contributed by atoms with van der Waals surface area (Å²) < 4.78 is 37.9. The van der Waals surface area contributed by atoms with E-state index in [1.165, 1.54) is 24.3 Å². The minimum atomic E-state index is -2.83. The Morgan fingerprint density at radius 2 is 1.71 bits per heavy atom. The zero-order valence-corrected chi connectivity index (χ0v) is 7.64. The van der Waals surface area contributed by atoms with Gasteiger partial charge in [-0.05, 0) is 24.1 Å². The van der Waals surface area contributed by atoms with E-state index in [2.05, 4.69) is 0 Å². The second-order valence-electron chi connectivity index (χ2n) is 3.19. The van der Waals surface area contributed by atoms with Crippen LogP contribution in [0.15, 0.2) is 24.3 Å². The van der Waals surface area contributed by atoms with Crippen LogP contribution in [0.25, 0.3) is 0 Å². The van der Waals surface area contributed by atoms with E-state index in [1.807, 2.05) is 0 Å². The molecule has 1 aromatic carbocycles. The second kappa shape index (κ2) is 4.46. The van der Waals surface area contributed by atoms with Crippen molar-refractivity contribution in [3.05, 3.63) is 35.6 Å². The van der Waals surface area contributed by atoms with Gasteiger partial charge in [0.15, 0.2) is 0 Å². The van der Waals surface area contributed by atoms with Crippen LogP contribution < -0.4 is 5.73 Å². The van der Waals surface area contributed by atoms with Crippen LogP contribution in [-0.2, 0) is 6.42 Å². The fourth-order valence-electron chi connectivity index (χ4n) is 1.08. The van der Waals surface area contributed by atoms with Gasteiger partial charge >= 0.3 is 0 Å². The Morgan fingerprint density at radius 3 is 2.21 bits per heavy atom. The van der Waals surface area contributed by atoms with Crippen molar-refractivity contribution in [1.82, 2.24) is 0 Å². The van der Waals surface area contributed by atoms with Crippen LogP contribution in [0.3, 0.4) is 0 Å². The molecule has 0 fully saturated rings. The Morgan fingerprint density at radius 1 is 1.14 bits per heavy atom. The normalized spacial score (nSPS) is 11.7. The van der Waals surface area contributed by atoms with Crippen molar-refractivity contribution >= 4 is 0 Å². The summed E-state index contributed by atoms with van der Waals surface area (Å²) in [5, 5.41) is 0. The predicted molar refractivity (Wildman–Crippen MR) is 48.7 cm³/mol. The molecule has 1 nitrogen and oxygen atoms in total. The van der Waals surface area contributed by atoms with Crippen LogP contribution >= 0.6 is 0 Å². The van der Waals surface area contributed by atoms with Crippen LogP contribution in [0.1, 0.15) is 12.0 Å². The van der Waals surface area contributed by atoms with Crippen molar-refractivity contribution in [2.45, 2.75) is 18.8 Å². The second-order valence-corrected chi connectivity index (χ2v) is 3.19. The lowest BCUT2D eigenvalue weighted by Gasteiger charge is -2.13. The standard InChI is InChI=1S/C10H12F3N/c11-9-3-1-8(2-4-9)5-6-10(12,13)7-14/h1-4H,5-7,14H2. The maximum Gasteiger partial charge on any atom is 0.260 e. The molecule has 0 bridgehead atoms. The Kier molecular flexibility index (Phi) is 3.52. The number of hydrogen-bond donors (Lipinski definition) is 1. The number of alkyl halides is 2. The van der Waals surface area contributed by atoms with Crippen LogP contribution in [0.5, 0.6) is 0 Å². The molecule has 0 aromatic heterocycles. The molecule has 0 radical (unpaired) electrons. The molecular formula is C10H12F3N. The first kappa shape index (κ1) is 11.0. The lowest BCUT2D eigenvalue weighted by atomic mass is 10.1. The SMILES string of the molecule is NCC(F)(F)CCc1ccc(F)cc1. The lowest BCUT2D eigenvalue weighted by Crippen LogP contribution is -2.28. The molecule has 0 spiro atoms. The fourth-order valence-corrected chi connectivity index (χ4v) is 1.08. The van der Waals surface area contributed by atoms with Gasteiger partial charge < -0.3 is 5.73 Å².